The number of hydrogen-bond acceptors (Lipinski definition) is 5. The Morgan fingerprint density at radius 1 is 1.31 bits per heavy atom. The maximum absolute atomic E-state index is 12.3. The van der Waals surface area contributed by atoms with Crippen molar-refractivity contribution in [2.75, 3.05) is 36.5 Å². The van der Waals surface area contributed by atoms with Crippen LogP contribution in [0.2, 0.25) is 5.02 Å². The van der Waals surface area contributed by atoms with Crippen molar-refractivity contribution in [3.63, 3.8) is 0 Å². The summed E-state index contributed by atoms with van der Waals surface area (Å²) in [5.41, 5.74) is 1.54. The Balaban J connectivity index is 1.57. The number of nitrogens with zero attached hydrogens (tertiary/aromatic N) is 2. The number of benzene rings is 1. The molecule has 1 aliphatic heterocycles. The molecule has 1 fully saturated rings. The lowest BCUT2D eigenvalue weighted by atomic mass is 10.2. The fourth-order valence-electron chi connectivity index (χ4n) is 2.63. The summed E-state index contributed by atoms with van der Waals surface area (Å²) in [4.78, 5) is 18.9. The molecule has 1 N–H and O–H groups in total. The summed E-state index contributed by atoms with van der Waals surface area (Å²) in [6.45, 7) is 6.66. The number of hydrogen-bond donors (Lipinski definition) is 1. The van der Waals surface area contributed by atoms with Gasteiger partial charge in [-0.1, -0.05) is 11.6 Å². The molecule has 1 saturated heterocycles. The molecule has 1 amide bonds. The number of rotatable bonds is 5. The molecule has 1 aromatic heterocycles. The molecule has 1 atom stereocenters. The fourth-order valence-corrected chi connectivity index (χ4v) is 2.75. The van der Waals surface area contributed by atoms with Gasteiger partial charge in [0.25, 0.3) is 5.91 Å². The first-order chi connectivity index (χ1) is 12.5. The van der Waals surface area contributed by atoms with Crippen LogP contribution in [0, 0.1) is 6.92 Å². The van der Waals surface area contributed by atoms with Gasteiger partial charge in [0.05, 0.1) is 25.1 Å². The van der Waals surface area contributed by atoms with Crippen LogP contribution in [0.3, 0.4) is 0 Å². The first kappa shape index (κ1) is 18.5. The zero-order valence-corrected chi connectivity index (χ0v) is 15.6. The molecule has 1 aromatic carbocycles. The van der Waals surface area contributed by atoms with Crippen molar-refractivity contribution >= 4 is 29.0 Å². The summed E-state index contributed by atoms with van der Waals surface area (Å²) < 4.78 is 11.0. The standard InChI is InChI=1S/C19H22ClN3O3/c1-13-11-16(4-5-17(13)20)26-14(2)19(24)22-15-3-6-18(21-12-15)23-7-9-25-10-8-23/h3-6,11-12,14H,7-10H2,1-2H3,(H,22,24). The molecule has 2 heterocycles. The largest absolute Gasteiger partial charge is 0.481 e. The van der Waals surface area contributed by atoms with Gasteiger partial charge in [-0.25, -0.2) is 4.98 Å². The fraction of sp³-hybridized carbons (Fsp3) is 0.368. The molecule has 2 aromatic rings. The van der Waals surface area contributed by atoms with E-state index in [1.807, 2.05) is 25.1 Å². The topological polar surface area (TPSA) is 63.7 Å². The number of pyridine rings is 1. The number of carbonyl (C=O) groups excluding carboxylic acids is 1. The molecular formula is C19H22ClN3O3. The molecule has 26 heavy (non-hydrogen) atoms. The molecule has 0 bridgehead atoms. The van der Waals surface area contributed by atoms with E-state index in [0.717, 1.165) is 24.5 Å². The van der Waals surface area contributed by atoms with Crippen molar-refractivity contribution in [2.24, 2.45) is 0 Å². The van der Waals surface area contributed by atoms with E-state index in [-0.39, 0.29) is 5.91 Å². The van der Waals surface area contributed by atoms with Crippen molar-refractivity contribution in [3.05, 3.63) is 47.1 Å². The molecule has 0 saturated carbocycles. The quantitative estimate of drug-likeness (QED) is 0.868. The Morgan fingerprint density at radius 3 is 2.73 bits per heavy atom. The van der Waals surface area contributed by atoms with Gasteiger partial charge in [0.2, 0.25) is 0 Å². The first-order valence-corrected chi connectivity index (χ1v) is 8.93. The second-order valence-electron chi connectivity index (χ2n) is 6.16. The SMILES string of the molecule is Cc1cc(OC(C)C(=O)Nc2ccc(N3CCOCC3)nc2)ccc1Cl. The lowest BCUT2D eigenvalue weighted by molar-refractivity contribution is -0.122. The smallest absolute Gasteiger partial charge is 0.265 e. The van der Waals surface area contributed by atoms with E-state index in [0.29, 0.717) is 29.7 Å². The van der Waals surface area contributed by atoms with Crippen LogP contribution in [0.4, 0.5) is 11.5 Å². The van der Waals surface area contributed by atoms with Crippen LogP contribution in [-0.4, -0.2) is 43.3 Å². The third kappa shape index (κ3) is 4.65. The second-order valence-corrected chi connectivity index (χ2v) is 6.57. The van der Waals surface area contributed by atoms with Gasteiger partial charge in [-0.3, -0.25) is 4.79 Å². The Bertz CT molecular complexity index is 761. The van der Waals surface area contributed by atoms with Gasteiger partial charge in [0.1, 0.15) is 11.6 Å². The molecule has 0 aliphatic carbocycles. The van der Waals surface area contributed by atoms with Crippen LogP contribution >= 0.6 is 11.6 Å². The van der Waals surface area contributed by atoms with E-state index in [1.54, 1.807) is 25.3 Å². The van der Waals surface area contributed by atoms with Crippen molar-refractivity contribution in [2.45, 2.75) is 20.0 Å². The molecule has 0 radical (unpaired) electrons. The van der Waals surface area contributed by atoms with Crippen LogP contribution in [0.1, 0.15) is 12.5 Å². The zero-order valence-electron chi connectivity index (χ0n) is 14.9. The highest BCUT2D eigenvalue weighted by molar-refractivity contribution is 6.31. The lowest BCUT2D eigenvalue weighted by Crippen LogP contribution is -2.36. The van der Waals surface area contributed by atoms with Crippen LogP contribution in [0.15, 0.2) is 36.5 Å². The van der Waals surface area contributed by atoms with Crippen molar-refractivity contribution < 1.29 is 14.3 Å². The molecule has 1 aliphatic rings. The number of morpholine rings is 1. The van der Waals surface area contributed by atoms with E-state index in [9.17, 15) is 4.79 Å². The van der Waals surface area contributed by atoms with E-state index in [1.165, 1.54) is 0 Å². The van der Waals surface area contributed by atoms with Crippen LogP contribution in [0.25, 0.3) is 0 Å². The van der Waals surface area contributed by atoms with Crippen molar-refractivity contribution in [1.29, 1.82) is 0 Å². The van der Waals surface area contributed by atoms with Gasteiger partial charge in [-0.2, -0.15) is 0 Å². The molecule has 7 heteroatoms. The molecule has 138 valence electrons. The highest BCUT2D eigenvalue weighted by Gasteiger charge is 2.16. The maximum Gasteiger partial charge on any atom is 0.265 e. The normalized spacial score (nSPS) is 15.4. The summed E-state index contributed by atoms with van der Waals surface area (Å²) >= 11 is 6.00. The lowest BCUT2D eigenvalue weighted by Gasteiger charge is -2.27. The predicted octanol–water partition coefficient (Wildman–Crippen LogP) is 3.29. The number of anilines is 2. The molecule has 3 rings (SSSR count). The van der Waals surface area contributed by atoms with Crippen LogP contribution in [-0.2, 0) is 9.53 Å². The average Bonchev–Trinajstić information content (AvgIpc) is 2.66. The van der Waals surface area contributed by atoms with Crippen molar-refractivity contribution in [3.8, 4) is 5.75 Å². The minimum absolute atomic E-state index is 0.237. The molecular weight excluding hydrogens is 354 g/mol. The molecule has 0 spiro atoms. The Kier molecular flexibility index (Phi) is 5.96. The number of amides is 1. The monoisotopic (exact) mass is 375 g/mol. The van der Waals surface area contributed by atoms with Crippen LogP contribution < -0.4 is 15.0 Å². The van der Waals surface area contributed by atoms with Gasteiger partial charge >= 0.3 is 0 Å². The Hall–Kier alpha value is -2.31. The summed E-state index contributed by atoms with van der Waals surface area (Å²) in [5, 5.41) is 3.49. The van der Waals surface area contributed by atoms with E-state index in [4.69, 9.17) is 21.1 Å². The molecule has 6 nitrogen and oxygen atoms in total. The minimum Gasteiger partial charge on any atom is -0.481 e. The third-order valence-corrected chi connectivity index (χ3v) is 4.59. The maximum atomic E-state index is 12.3. The van der Waals surface area contributed by atoms with Gasteiger partial charge in [0.15, 0.2) is 6.10 Å². The Labute approximate surface area is 158 Å². The number of aromatic nitrogens is 1. The number of ether oxygens (including phenoxy) is 2. The van der Waals surface area contributed by atoms with Gasteiger partial charge in [-0.05, 0) is 49.7 Å². The minimum atomic E-state index is -0.644. The van der Waals surface area contributed by atoms with Crippen molar-refractivity contribution in [1.82, 2.24) is 4.98 Å². The molecule has 1 unspecified atom stereocenters. The predicted molar refractivity (Wildman–Crippen MR) is 102 cm³/mol. The van der Waals surface area contributed by atoms with Crippen LogP contribution in [0.5, 0.6) is 5.75 Å². The summed E-state index contributed by atoms with van der Waals surface area (Å²) in [6, 6.07) is 9.05. The zero-order chi connectivity index (χ0) is 18.5. The summed E-state index contributed by atoms with van der Waals surface area (Å²) in [6.07, 6.45) is 1.01. The third-order valence-electron chi connectivity index (χ3n) is 4.16. The average molecular weight is 376 g/mol. The number of aryl methyl sites for hydroxylation is 1. The van der Waals surface area contributed by atoms with E-state index < -0.39 is 6.10 Å². The number of halogens is 1. The number of carbonyl (C=O) groups is 1. The van der Waals surface area contributed by atoms with E-state index in [2.05, 4.69) is 15.2 Å². The van der Waals surface area contributed by atoms with E-state index >= 15 is 0 Å². The second kappa shape index (κ2) is 8.38. The summed E-state index contributed by atoms with van der Waals surface area (Å²) in [5.74, 6) is 1.25. The Morgan fingerprint density at radius 2 is 2.08 bits per heavy atom. The van der Waals surface area contributed by atoms with Gasteiger partial charge in [-0.15, -0.1) is 0 Å². The first-order valence-electron chi connectivity index (χ1n) is 8.55. The van der Waals surface area contributed by atoms with Gasteiger partial charge in [0, 0.05) is 18.1 Å². The summed E-state index contributed by atoms with van der Waals surface area (Å²) in [7, 11) is 0. The van der Waals surface area contributed by atoms with Gasteiger partial charge < -0.3 is 19.7 Å². The number of nitrogens with one attached hydrogen (secondary N) is 1. The highest BCUT2D eigenvalue weighted by Crippen LogP contribution is 2.22. The highest BCUT2D eigenvalue weighted by atomic mass is 35.5.